The maximum atomic E-state index is 12.3. The van der Waals surface area contributed by atoms with E-state index in [1.165, 1.54) is 18.2 Å². The fourth-order valence-corrected chi connectivity index (χ4v) is 3.41. The summed E-state index contributed by atoms with van der Waals surface area (Å²) >= 11 is 8.23. The number of sulfonamides is 1. The van der Waals surface area contributed by atoms with E-state index in [9.17, 15) is 13.2 Å². The van der Waals surface area contributed by atoms with Crippen molar-refractivity contribution in [1.82, 2.24) is 0 Å². The van der Waals surface area contributed by atoms with Crippen molar-refractivity contribution in [3.8, 4) is 0 Å². The zero-order valence-electron chi connectivity index (χ0n) is 12.4. The number of hydrogen-bond donors (Lipinski definition) is 2. The van der Waals surface area contributed by atoms with Gasteiger partial charge in [0.05, 0.1) is 17.0 Å². The van der Waals surface area contributed by atoms with E-state index in [1.807, 2.05) is 25.1 Å². The smallest absolute Gasteiger partial charge is 0.255 e. The topological polar surface area (TPSA) is 75.3 Å². The lowest BCUT2D eigenvalue weighted by atomic mass is 10.1. The Kier molecular flexibility index (Phi) is 5.53. The Balaban J connectivity index is 2.21. The Hall–Kier alpha value is -1.32. The zero-order chi connectivity index (χ0) is 17.2. The van der Waals surface area contributed by atoms with E-state index in [2.05, 4.69) is 32.6 Å². The first-order valence-electron chi connectivity index (χ1n) is 6.50. The monoisotopic (exact) mass is 464 g/mol. The average molecular weight is 465 g/mol. The maximum absolute atomic E-state index is 12.3. The van der Waals surface area contributed by atoms with Crippen molar-refractivity contribution in [2.45, 2.75) is 6.92 Å². The second-order valence-electron chi connectivity index (χ2n) is 4.98. The minimum Gasteiger partial charge on any atom is -0.322 e. The lowest BCUT2D eigenvalue weighted by Crippen LogP contribution is -2.14. The highest BCUT2D eigenvalue weighted by Crippen LogP contribution is 2.25. The Morgan fingerprint density at radius 1 is 1.13 bits per heavy atom. The molecule has 0 heterocycles. The van der Waals surface area contributed by atoms with Crippen LogP contribution in [0.1, 0.15) is 15.9 Å². The normalized spacial score (nSPS) is 11.1. The fraction of sp³-hybridized carbons (Fsp3) is 0.133. The van der Waals surface area contributed by atoms with Gasteiger partial charge in [-0.3, -0.25) is 9.52 Å². The first-order chi connectivity index (χ1) is 10.7. The van der Waals surface area contributed by atoms with Crippen molar-refractivity contribution in [2.24, 2.45) is 0 Å². The van der Waals surface area contributed by atoms with Crippen LogP contribution >= 0.6 is 34.2 Å². The molecule has 0 aliphatic carbocycles. The van der Waals surface area contributed by atoms with Gasteiger partial charge in [0.15, 0.2) is 0 Å². The van der Waals surface area contributed by atoms with Crippen molar-refractivity contribution in [3.05, 3.63) is 56.1 Å². The van der Waals surface area contributed by atoms with Gasteiger partial charge in [0.25, 0.3) is 5.91 Å². The molecule has 0 aliphatic rings. The van der Waals surface area contributed by atoms with Gasteiger partial charge >= 0.3 is 0 Å². The van der Waals surface area contributed by atoms with E-state index in [0.29, 0.717) is 11.3 Å². The second-order valence-corrected chi connectivity index (χ2v) is 8.38. The molecule has 0 saturated heterocycles. The minimum absolute atomic E-state index is 0.155. The first kappa shape index (κ1) is 18.0. The van der Waals surface area contributed by atoms with Gasteiger partial charge in [-0.1, -0.05) is 11.6 Å². The molecule has 2 rings (SSSR count). The Labute approximate surface area is 153 Å². The molecule has 2 N–H and O–H groups in total. The predicted molar refractivity (Wildman–Crippen MR) is 102 cm³/mol. The molecule has 2 aromatic rings. The second kappa shape index (κ2) is 7.06. The maximum Gasteiger partial charge on any atom is 0.255 e. The molecule has 122 valence electrons. The molecule has 0 aromatic heterocycles. The Morgan fingerprint density at radius 3 is 2.35 bits per heavy atom. The summed E-state index contributed by atoms with van der Waals surface area (Å²) in [6.45, 7) is 1.91. The van der Waals surface area contributed by atoms with Crippen LogP contribution in [0.25, 0.3) is 0 Å². The Morgan fingerprint density at radius 2 is 1.78 bits per heavy atom. The summed E-state index contributed by atoms with van der Waals surface area (Å²) in [6, 6.07) is 10.1. The lowest BCUT2D eigenvalue weighted by Gasteiger charge is -2.11. The van der Waals surface area contributed by atoms with Crippen LogP contribution in [0.3, 0.4) is 0 Å². The first-order valence-corrected chi connectivity index (χ1v) is 9.85. The highest BCUT2D eigenvalue weighted by Gasteiger charge is 2.12. The molecule has 2 aromatic carbocycles. The number of anilines is 2. The van der Waals surface area contributed by atoms with Crippen molar-refractivity contribution in [3.63, 3.8) is 0 Å². The van der Waals surface area contributed by atoms with Crippen LogP contribution in [0.4, 0.5) is 11.4 Å². The molecule has 1 amide bonds. The number of hydrogen-bond acceptors (Lipinski definition) is 3. The number of amides is 1. The van der Waals surface area contributed by atoms with Gasteiger partial charge in [0.2, 0.25) is 10.0 Å². The molecule has 0 saturated carbocycles. The predicted octanol–water partition coefficient (Wildman–Crippen LogP) is 3.88. The van der Waals surface area contributed by atoms with Gasteiger partial charge in [-0.05, 0) is 71.5 Å². The molecule has 0 radical (unpaired) electrons. The molecule has 0 spiro atoms. The van der Waals surface area contributed by atoms with Gasteiger partial charge < -0.3 is 5.32 Å². The molecule has 5 nitrogen and oxygen atoms in total. The number of benzene rings is 2. The molecular weight excluding hydrogens is 451 g/mol. The van der Waals surface area contributed by atoms with Crippen LogP contribution in [0, 0.1) is 10.5 Å². The third kappa shape index (κ3) is 5.08. The van der Waals surface area contributed by atoms with E-state index in [4.69, 9.17) is 11.6 Å². The third-order valence-electron chi connectivity index (χ3n) is 2.96. The number of carbonyl (C=O) groups excluding carboxylic acids is 1. The average Bonchev–Trinajstić information content (AvgIpc) is 2.42. The van der Waals surface area contributed by atoms with Crippen LogP contribution < -0.4 is 10.0 Å². The summed E-state index contributed by atoms with van der Waals surface area (Å²) in [4.78, 5) is 12.3. The van der Waals surface area contributed by atoms with E-state index < -0.39 is 10.0 Å². The summed E-state index contributed by atoms with van der Waals surface area (Å²) in [5, 5.41) is 2.96. The van der Waals surface area contributed by atoms with Crippen molar-refractivity contribution in [2.75, 3.05) is 16.3 Å². The van der Waals surface area contributed by atoms with Gasteiger partial charge in [0.1, 0.15) is 0 Å². The van der Waals surface area contributed by atoms with Crippen LogP contribution in [0.5, 0.6) is 0 Å². The molecule has 0 unspecified atom stereocenters. The molecule has 0 atom stereocenters. The van der Waals surface area contributed by atoms with Gasteiger partial charge in [-0.25, -0.2) is 8.42 Å². The van der Waals surface area contributed by atoms with Crippen LogP contribution in [0.15, 0.2) is 36.4 Å². The summed E-state index contributed by atoms with van der Waals surface area (Å²) in [5.74, 6) is -0.317. The highest BCUT2D eigenvalue weighted by molar-refractivity contribution is 14.1. The van der Waals surface area contributed by atoms with E-state index in [-0.39, 0.29) is 16.6 Å². The SMILES string of the molecule is Cc1cc(I)ccc1NC(=O)c1ccc(NS(C)(=O)=O)c(Cl)c1. The zero-order valence-corrected chi connectivity index (χ0v) is 16.1. The molecule has 0 fully saturated rings. The van der Waals surface area contributed by atoms with E-state index in [1.54, 1.807) is 0 Å². The lowest BCUT2D eigenvalue weighted by molar-refractivity contribution is 0.102. The number of carbonyl (C=O) groups is 1. The van der Waals surface area contributed by atoms with Crippen molar-refractivity contribution >= 4 is 61.5 Å². The number of aryl methyl sites for hydroxylation is 1. The summed E-state index contributed by atoms with van der Waals surface area (Å²) < 4.78 is 25.8. The van der Waals surface area contributed by atoms with Crippen LogP contribution in [-0.4, -0.2) is 20.6 Å². The summed E-state index contributed by atoms with van der Waals surface area (Å²) in [5.41, 5.74) is 2.24. The van der Waals surface area contributed by atoms with E-state index >= 15 is 0 Å². The quantitative estimate of drug-likeness (QED) is 0.675. The summed E-state index contributed by atoms with van der Waals surface area (Å²) in [6.07, 6.45) is 1.03. The number of rotatable bonds is 4. The van der Waals surface area contributed by atoms with Gasteiger partial charge in [-0.2, -0.15) is 0 Å². The fourth-order valence-electron chi connectivity index (χ4n) is 1.90. The molecule has 0 bridgehead atoms. The van der Waals surface area contributed by atoms with E-state index in [0.717, 1.165) is 15.4 Å². The number of halogens is 2. The van der Waals surface area contributed by atoms with Gasteiger partial charge in [-0.15, -0.1) is 0 Å². The molecule has 0 aliphatic heterocycles. The van der Waals surface area contributed by atoms with Crippen LogP contribution in [0.2, 0.25) is 5.02 Å². The van der Waals surface area contributed by atoms with Crippen LogP contribution in [-0.2, 0) is 10.0 Å². The highest BCUT2D eigenvalue weighted by atomic mass is 127. The molecule has 23 heavy (non-hydrogen) atoms. The van der Waals surface area contributed by atoms with Crippen molar-refractivity contribution < 1.29 is 13.2 Å². The minimum atomic E-state index is -3.43. The Bertz CT molecular complexity index is 869. The summed E-state index contributed by atoms with van der Waals surface area (Å²) in [7, 11) is -3.43. The van der Waals surface area contributed by atoms with Crippen molar-refractivity contribution in [1.29, 1.82) is 0 Å². The number of nitrogens with one attached hydrogen (secondary N) is 2. The third-order valence-corrected chi connectivity index (χ3v) is 4.54. The largest absolute Gasteiger partial charge is 0.322 e. The van der Waals surface area contributed by atoms with Gasteiger partial charge in [0, 0.05) is 14.8 Å². The standard InChI is InChI=1S/C15H14ClIN2O3S/c1-9-7-11(17)4-6-13(9)18-15(20)10-3-5-14(12(16)8-10)19-23(2,21)22/h3-8,19H,1-2H3,(H,18,20). The molecule has 8 heteroatoms. The molecular formula is C15H14ClIN2O3S.